The first kappa shape index (κ1) is 32.0. The summed E-state index contributed by atoms with van der Waals surface area (Å²) in [6, 6.07) is 61.3. The standard InChI is InChI=1S/C51H36N2OS/c1-2-12-33(13-3-1)45-31-46(34-26-24-32(25-27-34)38-20-11-21-42-40-17-6-8-22-47(40)54-49(38)42)53-51(52-45)36-15-10-14-35(30-36)37-28-29-44-41-18-7-9-23-48(41)55-50(44)43-19-5-4-16-39(37)43/h1-27,29-30,45-46H,28,31H2,(H,52,53). The second-order valence-corrected chi connectivity index (χ2v) is 15.6. The summed E-state index contributed by atoms with van der Waals surface area (Å²) in [6.45, 7) is 0. The van der Waals surface area contributed by atoms with Crippen molar-refractivity contribution in [2.75, 3.05) is 0 Å². The van der Waals surface area contributed by atoms with Gasteiger partial charge in [-0.2, -0.15) is 0 Å². The Morgan fingerprint density at radius 2 is 1.31 bits per heavy atom. The number of benzene rings is 7. The number of para-hydroxylation sites is 2. The van der Waals surface area contributed by atoms with E-state index in [2.05, 4.69) is 169 Å². The van der Waals surface area contributed by atoms with Gasteiger partial charge in [-0.25, -0.2) is 0 Å². The van der Waals surface area contributed by atoms with Gasteiger partial charge in [0.25, 0.3) is 0 Å². The molecule has 55 heavy (non-hydrogen) atoms. The van der Waals surface area contributed by atoms with Crippen LogP contribution in [0.15, 0.2) is 179 Å². The summed E-state index contributed by atoms with van der Waals surface area (Å²) in [5.74, 6) is 0.930. The van der Waals surface area contributed by atoms with E-state index < -0.39 is 0 Å². The molecule has 0 saturated heterocycles. The van der Waals surface area contributed by atoms with Crippen molar-refractivity contribution in [3.63, 3.8) is 0 Å². The molecule has 0 bridgehead atoms. The van der Waals surface area contributed by atoms with Crippen LogP contribution in [0.1, 0.15) is 47.2 Å². The van der Waals surface area contributed by atoms with Gasteiger partial charge in [-0.1, -0.05) is 158 Å². The van der Waals surface area contributed by atoms with Crippen molar-refractivity contribution in [1.29, 1.82) is 0 Å². The predicted molar refractivity (Wildman–Crippen MR) is 229 cm³/mol. The Balaban J connectivity index is 0.981. The number of thiophene rings is 1. The van der Waals surface area contributed by atoms with Crippen molar-refractivity contribution >= 4 is 60.8 Å². The Labute approximate surface area is 322 Å². The molecule has 2 unspecified atom stereocenters. The lowest BCUT2D eigenvalue weighted by Gasteiger charge is -2.31. The minimum Gasteiger partial charge on any atom is -0.455 e. The van der Waals surface area contributed by atoms with E-state index in [1.165, 1.54) is 52.5 Å². The Morgan fingerprint density at radius 1 is 0.582 bits per heavy atom. The van der Waals surface area contributed by atoms with Gasteiger partial charge < -0.3 is 9.73 Å². The normalized spacial score (nSPS) is 16.6. The maximum Gasteiger partial charge on any atom is 0.143 e. The lowest BCUT2D eigenvalue weighted by molar-refractivity contribution is 0.490. The van der Waals surface area contributed by atoms with Gasteiger partial charge in [0.15, 0.2) is 0 Å². The first-order chi connectivity index (χ1) is 27.2. The van der Waals surface area contributed by atoms with Crippen LogP contribution < -0.4 is 15.8 Å². The second kappa shape index (κ2) is 13.1. The molecule has 1 N–H and O–H groups in total. The number of hydrogen-bond donors (Lipinski definition) is 1. The fourth-order valence-electron chi connectivity index (χ4n) is 8.68. The SMILES string of the molecule is C1=c2c(sc3ccccc23)=c2ccccc2=C(c2cccc(C3=NC(c4ccccc4)CC(c4ccc(-c5cccc6c5oc5ccccc56)cc4)N3)c2)C1. The van der Waals surface area contributed by atoms with E-state index in [4.69, 9.17) is 9.41 Å². The first-order valence-electron chi connectivity index (χ1n) is 19.1. The van der Waals surface area contributed by atoms with Crippen molar-refractivity contribution in [2.24, 2.45) is 4.99 Å². The van der Waals surface area contributed by atoms with Gasteiger partial charge in [0.2, 0.25) is 0 Å². The lowest BCUT2D eigenvalue weighted by atomic mass is 9.91. The van der Waals surface area contributed by atoms with E-state index >= 15 is 0 Å². The molecule has 1 aliphatic carbocycles. The molecular weight excluding hydrogens is 689 g/mol. The molecule has 7 aromatic carbocycles. The number of rotatable bonds is 5. The van der Waals surface area contributed by atoms with Gasteiger partial charge in [-0.15, -0.1) is 11.3 Å². The third-order valence-electron chi connectivity index (χ3n) is 11.4. The predicted octanol–water partition coefficient (Wildman–Crippen LogP) is 11.4. The molecule has 11 rings (SSSR count). The molecule has 0 radical (unpaired) electrons. The van der Waals surface area contributed by atoms with E-state index in [-0.39, 0.29) is 12.1 Å². The smallest absolute Gasteiger partial charge is 0.143 e. The summed E-state index contributed by atoms with van der Waals surface area (Å²) >= 11 is 1.90. The van der Waals surface area contributed by atoms with E-state index in [1.807, 2.05) is 23.5 Å². The summed E-state index contributed by atoms with van der Waals surface area (Å²) in [4.78, 5) is 5.40. The second-order valence-electron chi connectivity index (χ2n) is 14.6. The van der Waals surface area contributed by atoms with Gasteiger partial charge in [-0.3, -0.25) is 4.99 Å². The molecule has 1 aliphatic heterocycles. The van der Waals surface area contributed by atoms with Crippen LogP contribution in [0.2, 0.25) is 0 Å². The molecule has 2 aliphatic rings. The molecule has 9 aromatic rings. The molecule has 0 fully saturated rings. The number of nitrogens with zero attached hydrogens (tertiary/aromatic N) is 1. The van der Waals surface area contributed by atoms with E-state index in [9.17, 15) is 0 Å². The third-order valence-corrected chi connectivity index (χ3v) is 12.6. The minimum atomic E-state index is 0.0268. The molecule has 0 amide bonds. The number of hydrogen-bond acceptors (Lipinski definition) is 4. The molecule has 2 aromatic heterocycles. The molecule has 2 atom stereocenters. The fourth-order valence-corrected chi connectivity index (χ4v) is 9.93. The van der Waals surface area contributed by atoms with Crippen LogP contribution in [0.3, 0.4) is 0 Å². The Morgan fingerprint density at radius 3 is 2.20 bits per heavy atom. The van der Waals surface area contributed by atoms with Crippen LogP contribution in [-0.4, -0.2) is 5.84 Å². The number of furan rings is 1. The Bertz CT molecular complexity index is 3190. The van der Waals surface area contributed by atoms with Crippen molar-refractivity contribution in [3.05, 3.63) is 212 Å². The monoisotopic (exact) mass is 724 g/mol. The summed E-state index contributed by atoms with van der Waals surface area (Å²) in [5.41, 5.74) is 10.2. The van der Waals surface area contributed by atoms with Crippen LogP contribution in [0, 0.1) is 9.75 Å². The highest BCUT2D eigenvalue weighted by Crippen LogP contribution is 2.38. The van der Waals surface area contributed by atoms with Gasteiger partial charge >= 0.3 is 0 Å². The van der Waals surface area contributed by atoms with Crippen LogP contribution in [0.5, 0.6) is 0 Å². The molecule has 4 heteroatoms. The Hall–Kier alpha value is -6.49. The summed E-state index contributed by atoms with van der Waals surface area (Å²) in [5, 5.41) is 11.5. The van der Waals surface area contributed by atoms with Crippen molar-refractivity contribution in [2.45, 2.75) is 24.9 Å². The molecule has 262 valence electrons. The van der Waals surface area contributed by atoms with Crippen molar-refractivity contribution < 1.29 is 4.42 Å². The molecule has 3 heterocycles. The zero-order chi connectivity index (χ0) is 36.3. The van der Waals surface area contributed by atoms with E-state index in [0.29, 0.717) is 0 Å². The number of aliphatic imine (C=N–C) groups is 1. The van der Waals surface area contributed by atoms with E-state index in [0.717, 1.165) is 57.3 Å². The molecule has 3 nitrogen and oxygen atoms in total. The first-order valence-corrected chi connectivity index (χ1v) is 19.9. The maximum absolute atomic E-state index is 6.39. The van der Waals surface area contributed by atoms with Gasteiger partial charge in [0.1, 0.15) is 17.0 Å². The number of fused-ring (bicyclic) bond motifs is 7. The maximum atomic E-state index is 6.39. The summed E-state index contributed by atoms with van der Waals surface area (Å²) in [7, 11) is 0. The zero-order valence-corrected chi connectivity index (χ0v) is 30.9. The van der Waals surface area contributed by atoms with Crippen LogP contribution in [-0.2, 0) is 0 Å². The van der Waals surface area contributed by atoms with Crippen molar-refractivity contribution in [3.8, 4) is 11.1 Å². The molecular formula is C51H36N2OS. The highest BCUT2D eigenvalue weighted by molar-refractivity contribution is 7.17. The molecule has 0 saturated carbocycles. The van der Waals surface area contributed by atoms with Gasteiger partial charge in [-0.05, 0) is 74.5 Å². The highest BCUT2D eigenvalue weighted by Gasteiger charge is 2.27. The molecule has 0 spiro atoms. The quantitative estimate of drug-likeness (QED) is 0.192. The number of nitrogens with one attached hydrogen (secondary N) is 1. The summed E-state index contributed by atoms with van der Waals surface area (Å²) in [6.07, 6.45) is 4.16. The van der Waals surface area contributed by atoms with Crippen LogP contribution >= 0.6 is 11.3 Å². The fraction of sp³-hybridized carbons (Fsp3) is 0.0784. The topological polar surface area (TPSA) is 37.5 Å². The van der Waals surface area contributed by atoms with Crippen LogP contribution in [0.25, 0.3) is 54.8 Å². The average molecular weight is 725 g/mol. The minimum absolute atomic E-state index is 0.0268. The largest absolute Gasteiger partial charge is 0.455 e. The zero-order valence-electron chi connectivity index (χ0n) is 30.1. The average Bonchev–Trinajstić information content (AvgIpc) is 3.78. The summed E-state index contributed by atoms with van der Waals surface area (Å²) < 4.78 is 9.08. The number of amidine groups is 1. The lowest BCUT2D eigenvalue weighted by Crippen LogP contribution is -2.35. The highest BCUT2D eigenvalue weighted by atomic mass is 32.1. The van der Waals surface area contributed by atoms with E-state index in [1.54, 1.807) is 0 Å². The van der Waals surface area contributed by atoms with Crippen LogP contribution in [0.4, 0.5) is 0 Å². The third kappa shape index (κ3) is 5.52. The van der Waals surface area contributed by atoms with Gasteiger partial charge in [0.05, 0.1) is 12.1 Å². The van der Waals surface area contributed by atoms with Crippen molar-refractivity contribution in [1.82, 2.24) is 5.32 Å². The Kier molecular flexibility index (Phi) is 7.63. The van der Waals surface area contributed by atoms with Gasteiger partial charge in [0, 0.05) is 36.5 Å².